The average molecular weight is 126 g/mol. The molecule has 0 aromatic carbocycles. The Hall–Kier alpha value is -0.990. The van der Waals surface area contributed by atoms with Crippen molar-refractivity contribution in [1.82, 2.24) is 9.80 Å². The molecule has 1 aliphatic rings. The maximum absolute atomic E-state index is 10.9. The van der Waals surface area contributed by atoms with Crippen molar-refractivity contribution in [2.45, 2.75) is 0 Å². The van der Waals surface area contributed by atoms with Gasteiger partial charge in [0.1, 0.15) is 0 Å². The molecule has 2 amide bonds. The summed E-state index contributed by atoms with van der Waals surface area (Å²) in [6.45, 7) is 0.725. The van der Waals surface area contributed by atoms with E-state index in [1.807, 2.05) is 6.08 Å². The predicted molar refractivity (Wildman–Crippen MR) is 34.9 cm³/mol. The highest BCUT2D eigenvalue weighted by atomic mass is 16.2. The Morgan fingerprint density at radius 3 is 2.67 bits per heavy atom. The van der Waals surface area contributed by atoms with Crippen LogP contribution in [0, 0.1) is 0 Å². The van der Waals surface area contributed by atoms with Crippen molar-refractivity contribution in [2.24, 2.45) is 0 Å². The first kappa shape index (κ1) is 6.13. The van der Waals surface area contributed by atoms with E-state index in [-0.39, 0.29) is 6.03 Å². The quantitative estimate of drug-likeness (QED) is 0.463. The second-order valence-corrected chi connectivity index (χ2v) is 2.16. The first-order chi connectivity index (χ1) is 4.22. The predicted octanol–water partition coefficient (Wildman–Crippen LogP) is 0.497. The molecular weight excluding hydrogens is 116 g/mol. The van der Waals surface area contributed by atoms with Crippen LogP contribution in [0.15, 0.2) is 12.3 Å². The SMILES string of the molecule is CN1C=CCN(C)C1=O. The van der Waals surface area contributed by atoms with E-state index >= 15 is 0 Å². The fourth-order valence-corrected chi connectivity index (χ4v) is 0.774. The number of hydrogen-bond donors (Lipinski definition) is 0. The van der Waals surface area contributed by atoms with Crippen molar-refractivity contribution < 1.29 is 4.79 Å². The van der Waals surface area contributed by atoms with Crippen LogP contribution in [0.1, 0.15) is 0 Å². The maximum Gasteiger partial charge on any atom is 0.323 e. The Bertz CT molecular complexity index is 153. The van der Waals surface area contributed by atoms with Crippen LogP contribution in [-0.2, 0) is 0 Å². The lowest BCUT2D eigenvalue weighted by atomic mass is 10.4. The van der Waals surface area contributed by atoms with Gasteiger partial charge in [-0.25, -0.2) is 4.79 Å². The van der Waals surface area contributed by atoms with Gasteiger partial charge in [-0.05, 0) is 6.08 Å². The molecule has 0 fully saturated rings. The fourth-order valence-electron chi connectivity index (χ4n) is 0.774. The van der Waals surface area contributed by atoms with Crippen molar-refractivity contribution in [2.75, 3.05) is 20.6 Å². The molecule has 0 aromatic heterocycles. The molecule has 0 N–H and O–H groups in total. The van der Waals surface area contributed by atoms with Gasteiger partial charge in [0.15, 0.2) is 0 Å². The topological polar surface area (TPSA) is 23.6 Å². The van der Waals surface area contributed by atoms with Crippen LogP contribution in [0.5, 0.6) is 0 Å². The molecule has 0 saturated heterocycles. The molecule has 3 heteroatoms. The average Bonchev–Trinajstić information content (AvgIpc) is 1.83. The van der Waals surface area contributed by atoms with Crippen LogP contribution in [0.4, 0.5) is 4.79 Å². The van der Waals surface area contributed by atoms with Crippen LogP contribution in [-0.4, -0.2) is 36.5 Å². The Kier molecular flexibility index (Phi) is 1.42. The highest BCUT2D eigenvalue weighted by Crippen LogP contribution is 2.00. The van der Waals surface area contributed by atoms with Crippen LogP contribution < -0.4 is 0 Å². The van der Waals surface area contributed by atoms with Crippen LogP contribution >= 0.6 is 0 Å². The molecular formula is C6H10N2O. The van der Waals surface area contributed by atoms with Crippen LogP contribution in [0.25, 0.3) is 0 Å². The molecule has 3 nitrogen and oxygen atoms in total. The van der Waals surface area contributed by atoms with Crippen LogP contribution in [0.2, 0.25) is 0 Å². The summed E-state index contributed by atoms with van der Waals surface area (Å²) in [7, 11) is 3.52. The summed E-state index contributed by atoms with van der Waals surface area (Å²) in [6.07, 6.45) is 3.73. The number of likely N-dealkylation sites (N-methyl/N-ethyl adjacent to an activating group) is 1. The minimum atomic E-state index is 0.0532. The van der Waals surface area contributed by atoms with Gasteiger partial charge in [-0.1, -0.05) is 0 Å². The minimum Gasteiger partial charge on any atom is -0.324 e. The molecule has 0 atom stereocenters. The van der Waals surface area contributed by atoms with E-state index in [1.54, 1.807) is 30.1 Å². The van der Waals surface area contributed by atoms with Crippen molar-refractivity contribution in [1.29, 1.82) is 0 Å². The third-order valence-corrected chi connectivity index (χ3v) is 1.34. The standard InChI is InChI=1S/C6H10N2O/c1-7-4-3-5-8(2)6(7)9/h3-4H,5H2,1-2H3. The van der Waals surface area contributed by atoms with E-state index in [1.165, 1.54) is 0 Å². The van der Waals surface area contributed by atoms with E-state index in [0.29, 0.717) is 0 Å². The molecule has 0 bridgehead atoms. The number of nitrogens with zero attached hydrogens (tertiary/aromatic N) is 2. The molecule has 0 unspecified atom stereocenters. The molecule has 1 rings (SSSR count). The second kappa shape index (κ2) is 2.09. The Morgan fingerprint density at radius 1 is 1.56 bits per heavy atom. The van der Waals surface area contributed by atoms with Crippen molar-refractivity contribution in [3.8, 4) is 0 Å². The molecule has 0 aliphatic carbocycles. The third kappa shape index (κ3) is 1.04. The van der Waals surface area contributed by atoms with Gasteiger partial charge in [0.05, 0.1) is 0 Å². The molecule has 1 heterocycles. The highest BCUT2D eigenvalue weighted by molar-refractivity contribution is 5.75. The minimum absolute atomic E-state index is 0.0532. The number of carbonyl (C=O) groups excluding carboxylic acids is 1. The molecule has 0 radical (unpaired) electrons. The lowest BCUT2D eigenvalue weighted by Gasteiger charge is -2.24. The van der Waals surface area contributed by atoms with Gasteiger partial charge in [0.2, 0.25) is 0 Å². The molecule has 9 heavy (non-hydrogen) atoms. The van der Waals surface area contributed by atoms with Crippen LogP contribution in [0.3, 0.4) is 0 Å². The van der Waals surface area contributed by atoms with E-state index in [4.69, 9.17) is 0 Å². The number of rotatable bonds is 0. The number of amides is 2. The van der Waals surface area contributed by atoms with Gasteiger partial charge in [-0.2, -0.15) is 0 Å². The number of urea groups is 1. The summed E-state index contributed by atoms with van der Waals surface area (Å²) in [5.74, 6) is 0. The first-order valence-electron chi connectivity index (χ1n) is 2.86. The van der Waals surface area contributed by atoms with Gasteiger partial charge in [0.25, 0.3) is 0 Å². The zero-order valence-electron chi connectivity index (χ0n) is 5.66. The van der Waals surface area contributed by atoms with Gasteiger partial charge in [-0.3, -0.25) is 0 Å². The van der Waals surface area contributed by atoms with Gasteiger partial charge in [-0.15, -0.1) is 0 Å². The van der Waals surface area contributed by atoms with Crippen molar-refractivity contribution in [3.63, 3.8) is 0 Å². The van der Waals surface area contributed by atoms with Gasteiger partial charge < -0.3 is 9.80 Å². The number of carbonyl (C=O) groups is 1. The highest BCUT2D eigenvalue weighted by Gasteiger charge is 2.13. The summed E-state index contributed by atoms with van der Waals surface area (Å²) < 4.78 is 0. The zero-order chi connectivity index (χ0) is 6.85. The zero-order valence-corrected chi connectivity index (χ0v) is 5.66. The van der Waals surface area contributed by atoms with Crippen molar-refractivity contribution in [3.05, 3.63) is 12.3 Å². The molecule has 50 valence electrons. The lowest BCUT2D eigenvalue weighted by Crippen LogP contribution is -2.38. The summed E-state index contributed by atoms with van der Waals surface area (Å²) in [4.78, 5) is 14.1. The number of hydrogen-bond acceptors (Lipinski definition) is 1. The lowest BCUT2D eigenvalue weighted by molar-refractivity contribution is 0.187. The summed E-state index contributed by atoms with van der Waals surface area (Å²) in [6, 6.07) is 0.0532. The summed E-state index contributed by atoms with van der Waals surface area (Å²) in [5, 5.41) is 0. The van der Waals surface area contributed by atoms with Crippen molar-refractivity contribution >= 4 is 6.03 Å². The maximum atomic E-state index is 10.9. The van der Waals surface area contributed by atoms with E-state index in [9.17, 15) is 4.79 Å². The van der Waals surface area contributed by atoms with E-state index in [2.05, 4.69) is 0 Å². The molecule has 0 saturated carbocycles. The normalized spacial score (nSPS) is 19.1. The fraction of sp³-hybridized carbons (Fsp3) is 0.500. The Labute approximate surface area is 54.5 Å². The van der Waals surface area contributed by atoms with Gasteiger partial charge in [0, 0.05) is 26.8 Å². The van der Waals surface area contributed by atoms with E-state index in [0.717, 1.165) is 6.54 Å². The molecule has 1 aliphatic heterocycles. The van der Waals surface area contributed by atoms with Gasteiger partial charge >= 0.3 is 6.03 Å². The second-order valence-electron chi connectivity index (χ2n) is 2.16. The largest absolute Gasteiger partial charge is 0.324 e. The summed E-state index contributed by atoms with van der Waals surface area (Å²) in [5.41, 5.74) is 0. The Morgan fingerprint density at radius 2 is 2.22 bits per heavy atom. The molecule has 0 spiro atoms. The third-order valence-electron chi connectivity index (χ3n) is 1.34. The molecule has 0 aromatic rings. The monoisotopic (exact) mass is 126 g/mol. The summed E-state index contributed by atoms with van der Waals surface area (Å²) >= 11 is 0. The van der Waals surface area contributed by atoms with E-state index < -0.39 is 0 Å². The Balaban J connectivity index is 2.69. The smallest absolute Gasteiger partial charge is 0.323 e. The first-order valence-corrected chi connectivity index (χ1v) is 2.86.